The van der Waals surface area contributed by atoms with Gasteiger partial charge in [0.05, 0.1) is 16.7 Å². The minimum atomic E-state index is -0.00134. The van der Waals surface area contributed by atoms with E-state index in [9.17, 15) is 9.59 Å². The first-order valence-corrected chi connectivity index (χ1v) is 12.2. The monoisotopic (exact) mass is 425 g/mol. The van der Waals surface area contributed by atoms with Gasteiger partial charge in [-0.15, -0.1) is 0 Å². The van der Waals surface area contributed by atoms with Gasteiger partial charge in [0.2, 0.25) is 5.91 Å². The SMILES string of the molecule is C[C@H]1CCCN(C(=O)CSc2nc3ccccc3c(=O)n2CCC2=CCCCC2)C1. The molecule has 0 spiro atoms. The van der Waals surface area contributed by atoms with Crippen LogP contribution in [0.4, 0.5) is 0 Å². The Labute approximate surface area is 182 Å². The molecule has 1 aromatic heterocycles. The van der Waals surface area contributed by atoms with Crippen LogP contribution in [0.5, 0.6) is 0 Å². The molecule has 30 heavy (non-hydrogen) atoms. The average molecular weight is 426 g/mol. The Morgan fingerprint density at radius 3 is 2.90 bits per heavy atom. The first-order valence-electron chi connectivity index (χ1n) is 11.2. The van der Waals surface area contributed by atoms with Crippen LogP contribution in [0.15, 0.2) is 45.9 Å². The summed E-state index contributed by atoms with van der Waals surface area (Å²) in [6.45, 7) is 4.51. The standard InChI is InChI=1S/C24H31N3O2S/c1-18-8-7-14-26(16-18)22(28)17-30-24-25-21-12-6-5-11-20(21)23(29)27(24)15-13-19-9-3-2-4-10-19/h5-6,9,11-12,18H,2-4,7-8,10,13-17H2,1H3/t18-/m0/s1. The number of amides is 1. The predicted molar refractivity (Wildman–Crippen MR) is 123 cm³/mol. The highest BCUT2D eigenvalue weighted by Crippen LogP contribution is 2.24. The normalized spacial score (nSPS) is 19.7. The summed E-state index contributed by atoms with van der Waals surface area (Å²) in [4.78, 5) is 32.7. The van der Waals surface area contributed by atoms with Gasteiger partial charge in [0.1, 0.15) is 0 Å². The van der Waals surface area contributed by atoms with Crippen molar-refractivity contribution in [2.24, 2.45) is 5.92 Å². The molecule has 1 saturated heterocycles. The van der Waals surface area contributed by atoms with E-state index in [1.807, 2.05) is 29.2 Å². The molecule has 2 aliphatic rings. The zero-order valence-electron chi connectivity index (χ0n) is 17.8. The molecule has 6 heteroatoms. The number of carbonyl (C=O) groups excluding carboxylic acids is 1. The number of benzene rings is 1. The highest BCUT2D eigenvalue weighted by molar-refractivity contribution is 7.99. The van der Waals surface area contributed by atoms with Crippen molar-refractivity contribution in [2.45, 2.75) is 63.6 Å². The number of allylic oxidation sites excluding steroid dienone is 2. The molecule has 1 atom stereocenters. The molecule has 1 aliphatic carbocycles. The molecule has 4 rings (SSSR count). The smallest absolute Gasteiger partial charge is 0.262 e. The van der Waals surface area contributed by atoms with E-state index in [1.165, 1.54) is 36.6 Å². The van der Waals surface area contributed by atoms with Crippen molar-refractivity contribution in [3.05, 3.63) is 46.3 Å². The Bertz CT molecular complexity index is 998. The van der Waals surface area contributed by atoms with Crippen LogP contribution in [0.3, 0.4) is 0 Å². The van der Waals surface area contributed by atoms with Crippen molar-refractivity contribution in [1.82, 2.24) is 14.5 Å². The number of fused-ring (bicyclic) bond motifs is 1. The summed E-state index contributed by atoms with van der Waals surface area (Å²) in [7, 11) is 0. The molecule has 0 radical (unpaired) electrons. The largest absolute Gasteiger partial charge is 0.342 e. The number of piperidine rings is 1. The molecule has 1 aromatic carbocycles. The Morgan fingerprint density at radius 1 is 1.23 bits per heavy atom. The van der Waals surface area contributed by atoms with Crippen LogP contribution in [-0.4, -0.2) is 39.2 Å². The third-order valence-electron chi connectivity index (χ3n) is 6.20. The lowest BCUT2D eigenvalue weighted by Crippen LogP contribution is -2.40. The van der Waals surface area contributed by atoms with Crippen LogP contribution in [-0.2, 0) is 11.3 Å². The fourth-order valence-electron chi connectivity index (χ4n) is 4.48. The maximum atomic E-state index is 13.2. The number of thioether (sulfide) groups is 1. The quantitative estimate of drug-likeness (QED) is 0.384. The molecule has 1 aliphatic heterocycles. The molecule has 1 amide bonds. The lowest BCUT2D eigenvalue weighted by molar-refractivity contribution is -0.130. The highest BCUT2D eigenvalue weighted by atomic mass is 32.2. The van der Waals surface area contributed by atoms with Crippen molar-refractivity contribution >= 4 is 28.6 Å². The number of aromatic nitrogens is 2. The third-order valence-corrected chi connectivity index (χ3v) is 7.16. The topological polar surface area (TPSA) is 55.2 Å². The number of nitrogens with zero attached hydrogens (tertiary/aromatic N) is 3. The van der Waals surface area contributed by atoms with Crippen molar-refractivity contribution < 1.29 is 4.79 Å². The first-order chi connectivity index (χ1) is 14.6. The molecule has 160 valence electrons. The minimum Gasteiger partial charge on any atom is -0.342 e. The summed E-state index contributed by atoms with van der Waals surface area (Å²) in [6, 6.07) is 7.51. The van der Waals surface area contributed by atoms with Crippen LogP contribution in [0, 0.1) is 5.92 Å². The second kappa shape index (κ2) is 9.82. The Kier molecular flexibility index (Phi) is 6.93. The van der Waals surface area contributed by atoms with Gasteiger partial charge in [-0.2, -0.15) is 0 Å². The van der Waals surface area contributed by atoms with Crippen molar-refractivity contribution in [1.29, 1.82) is 0 Å². The molecular weight excluding hydrogens is 394 g/mol. The minimum absolute atomic E-state index is 0.00134. The fourth-order valence-corrected chi connectivity index (χ4v) is 5.40. The number of hydrogen-bond donors (Lipinski definition) is 0. The lowest BCUT2D eigenvalue weighted by atomic mass is 9.97. The van der Waals surface area contributed by atoms with Crippen molar-refractivity contribution in [3.8, 4) is 0 Å². The van der Waals surface area contributed by atoms with E-state index in [1.54, 1.807) is 4.57 Å². The maximum Gasteiger partial charge on any atom is 0.262 e. The zero-order valence-corrected chi connectivity index (χ0v) is 18.6. The summed E-state index contributed by atoms with van der Waals surface area (Å²) in [6.07, 6.45) is 10.3. The van der Waals surface area contributed by atoms with Gasteiger partial charge in [0, 0.05) is 19.6 Å². The molecular formula is C24H31N3O2S. The van der Waals surface area contributed by atoms with Gasteiger partial charge < -0.3 is 4.90 Å². The average Bonchev–Trinajstić information content (AvgIpc) is 2.77. The van der Waals surface area contributed by atoms with E-state index < -0.39 is 0 Å². The van der Waals surface area contributed by atoms with Crippen molar-refractivity contribution in [3.63, 3.8) is 0 Å². The lowest BCUT2D eigenvalue weighted by Gasteiger charge is -2.30. The fraction of sp³-hybridized carbons (Fsp3) is 0.542. The summed E-state index contributed by atoms with van der Waals surface area (Å²) in [5.41, 5.74) is 2.14. The number of carbonyl (C=O) groups is 1. The molecule has 0 unspecified atom stereocenters. The van der Waals surface area contributed by atoms with E-state index >= 15 is 0 Å². The van der Waals surface area contributed by atoms with E-state index in [0.29, 0.717) is 34.3 Å². The van der Waals surface area contributed by atoms with E-state index in [2.05, 4.69) is 13.0 Å². The van der Waals surface area contributed by atoms with Gasteiger partial charge in [0.25, 0.3) is 5.56 Å². The number of hydrogen-bond acceptors (Lipinski definition) is 4. The summed E-state index contributed by atoms with van der Waals surface area (Å²) >= 11 is 1.41. The molecule has 5 nitrogen and oxygen atoms in total. The summed E-state index contributed by atoms with van der Waals surface area (Å²) in [5.74, 6) is 1.05. The Morgan fingerprint density at radius 2 is 2.10 bits per heavy atom. The summed E-state index contributed by atoms with van der Waals surface area (Å²) < 4.78 is 1.79. The van der Waals surface area contributed by atoms with Gasteiger partial charge in [0.15, 0.2) is 5.16 Å². The van der Waals surface area contributed by atoms with Crippen LogP contribution in [0.2, 0.25) is 0 Å². The molecule has 0 saturated carbocycles. The van der Waals surface area contributed by atoms with Gasteiger partial charge in [-0.1, -0.05) is 42.5 Å². The number of para-hydroxylation sites is 1. The van der Waals surface area contributed by atoms with Gasteiger partial charge in [-0.25, -0.2) is 4.98 Å². The number of likely N-dealkylation sites (tertiary alicyclic amines) is 1. The van der Waals surface area contributed by atoms with Gasteiger partial charge >= 0.3 is 0 Å². The maximum absolute atomic E-state index is 13.2. The molecule has 1 fully saturated rings. The van der Waals surface area contributed by atoms with Gasteiger partial charge in [-0.05, 0) is 63.0 Å². The second-order valence-electron chi connectivity index (χ2n) is 8.60. The Balaban J connectivity index is 1.54. The van der Waals surface area contributed by atoms with E-state index in [4.69, 9.17) is 4.98 Å². The molecule has 0 bridgehead atoms. The van der Waals surface area contributed by atoms with Gasteiger partial charge in [-0.3, -0.25) is 14.2 Å². The van der Waals surface area contributed by atoms with Crippen LogP contribution in [0.1, 0.15) is 51.9 Å². The highest BCUT2D eigenvalue weighted by Gasteiger charge is 2.22. The first kappa shape index (κ1) is 21.2. The summed E-state index contributed by atoms with van der Waals surface area (Å²) in [5, 5.41) is 1.31. The predicted octanol–water partition coefficient (Wildman–Crippen LogP) is 4.64. The van der Waals surface area contributed by atoms with Crippen LogP contribution < -0.4 is 5.56 Å². The van der Waals surface area contributed by atoms with E-state index in [-0.39, 0.29) is 11.5 Å². The molecule has 2 heterocycles. The van der Waals surface area contributed by atoms with E-state index in [0.717, 1.165) is 38.8 Å². The van der Waals surface area contributed by atoms with Crippen LogP contribution >= 0.6 is 11.8 Å². The third kappa shape index (κ3) is 4.97. The van der Waals surface area contributed by atoms with Crippen LogP contribution in [0.25, 0.3) is 10.9 Å². The second-order valence-corrected chi connectivity index (χ2v) is 9.54. The molecule has 2 aromatic rings. The molecule has 0 N–H and O–H groups in total. The number of rotatable bonds is 6. The van der Waals surface area contributed by atoms with Crippen molar-refractivity contribution in [2.75, 3.05) is 18.8 Å². The Hall–Kier alpha value is -2.08. The zero-order chi connectivity index (χ0) is 20.9.